The highest BCUT2D eigenvalue weighted by Gasteiger charge is 2.27. The van der Waals surface area contributed by atoms with Crippen molar-refractivity contribution in [2.45, 2.75) is 63.2 Å². The lowest BCUT2D eigenvalue weighted by molar-refractivity contribution is 0.392. The first-order valence-corrected chi connectivity index (χ1v) is 10.6. The second kappa shape index (κ2) is 8.61. The Morgan fingerprint density at radius 3 is 2.50 bits per heavy atom. The molecule has 0 radical (unpaired) electrons. The fourth-order valence-corrected chi connectivity index (χ4v) is 4.76. The van der Waals surface area contributed by atoms with E-state index in [-0.39, 0.29) is 10.5 Å². The van der Waals surface area contributed by atoms with E-state index >= 15 is 0 Å². The van der Waals surface area contributed by atoms with Crippen molar-refractivity contribution in [1.82, 2.24) is 10.0 Å². The van der Waals surface area contributed by atoms with E-state index in [1.165, 1.54) is 12.8 Å². The summed E-state index contributed by atoms with van der Waals surface area (Å²) in [5, 5.41) is 3.40. The summed E-state index contributed by atoms with van der Waals surface area (Å²) in [6, 6.07) is 0.378. The zero-order chi connectivity index (χ0) is 15.1. The minimum absolute atomic E-state index is 0.0379. The molecule has 1 aliphatic rings. The molecule has 0 aliphatic carbocycles. The highest BCUT2D eigenvalue weighted by molar-refractivity contribution is 8.00. The molecule has 0 spiro atoms. The van der Waals surface area contributed by atoms with Crippen molar-refractivity contribution in [2.24, 2.45) is 0 Å². The van der Waals surface area contributed by atoms with Gasteiger partial charge in [0.25, 0.3) is 0 Å². The number of hydrogen-bond acceptors (Lipinski definition) is 4. The van der Waals surface area contributed by atoms with Gasteiger partial charge in [0.1, 0.15) is 0 Å². The van der Waals surface area contributed by atoms with Gasteiger partial charge in [0.15, 0.2) is 0 Å². The molecule has 0 bridgehead atoms. The maximum Gasteiger partial charge on any atom is 0.211 e. The van der Waals surface area contributed by atoms with Crippen LogP contribution in [0.5, 0.6) is 0 Å². The van der Waals surface area contributed by atoms with E-state index < -0.39 is 10.0 Å². The van der Waals surface area contributed by atoms with Crippen LogP contribution in [0.3, 0.4) is 0 Å². The molecular weight excluding hydrogens is 292 g/mol. The fraction of sp³-hybridized carbons (Fsp3) is 1.00. The minimum Gasteiger partial charge on any atom is -0.314 e. The monoisotopic (exact) mass is 322 g/mol. The van der Waals surface area contributed by atoms with Crippen LogP contribution in [0, 0.1) is 0 Å². The summed E-state index contributed by atoms with van der Waals surface area (Å²) in [4.78, 5) is 0. The third-order valence-electron chi connectivity index (χ3n) is 4.48. The summed E-state index contributed by atoms with van der Waals surface area (Å²) in [6.07, 6.45) is 8.28. The quantitative estimate of drug-likeness (QED) is 0.684. The Balaban J connectivity index is 2.40. The van der Waals surface area contributed by atoms with Crippen LogP contribution in [-0.2, 0) is 10.0 Å². The third-order valence-corrected chi connectivity index (χ3v) is 7.43. The Labute approximate surface area is 128 Å². The normalized spacial score (nSPS) is 21.1. The van der Waals surface area contributed by atoms with Gasteiger partial charge in [-0.05, 0) is 44.9 Å². The molecule has 1 aliphatic heterocycles. The van der Waals surface area contributed by atoms with E-state index in [1.807, 2.05) is 0 Å². The molecule has 4 nitrogen and oxygen atoms in total. The molecule has 0 saturated carbocycles. The zero-order valence-corrected chi connectivity index (χ0v) is 14.7. The highest BCUT2D eigenvalue weighted by Crippen LogP contribution is 2.29. The molecule has 2 N–H and O–H groups in total. The van der Waals surface area contributed by atoms with Crippen molar-refractivity contribution >= 4 is 21.8 Å². The number of nitrogens with one attached hydrogen (secondary N) is 2. The lowest BCUT2D eigenvalue weighted by Crippen LogP contribution is -2.42. The number of thioether (sulfide) groups is 1. The molecule has 0 aromatic rings. The van der Waals surface area contributed by atoms with Crippen LogP contribution in [0.1, 0.15) is 52.4 Å². The Morgan fingerprint density at radius 2 is 2.00 bits per heavy atom. The van der Waals surface area contributed by atoms with Crippen molar-refractivity contribution in [3.05, 3.63) is 0 Å². The van der Waals surface area contributed by atoms with E-state index in [9.17, 15) is 8.42 Å². The first-order chi connectivity index (χ1) is 9.47. The Kier molecular flexibility index (Phi) is 7.87. The molecule has 1 rings (SSSR count). The minimum atomic E-state index is -3.15. The molecule has 1 atom stereocenters. The molecule has 1 heterocycles. The number of rotatable bonds is 9. The largest absolute Gasteiger partial charge is 0.314 e. The summed E-state index contributed by atoms with van der Waals surface area (Å²) in [5.74, 6) is 0.239. The van der Waals surface area contributed by atoms with E-state index in [4.69, 9.17) is 0 Å². The Morgan fingerprint density at radius 1 is 1.30 bits per heavy atom. The van der Waals surface area contributed by atoms with Crippen LogP contribution in [0.25, 0.3) is 0 Å². The van der Waals surface area contributed by atoms with E-state index in [0.717, 1.165) is 32.2 Å². The summed E-state index contributed by atoms with van der Waals surface area (Å²) >= 11 is 1.76. The average Bonchev–Trinajstić information content (AvgIpc) is 2.48. The van der Waals surface area contributed by atoms with Gasteiger partial charge in [-0.15, -0.1) is 0 Å². The molecule has 1 saturated heterocycles. The van der Waals surface area contributed by atoms with E-state index in [2.05, 4.69) is 30.1 Å². The maximum absolute atomic E-state index is 12.1. The van der Waals surface area contributed by atoms with Crippen LogP contribution >= 0.6 is 11.8 Å². The smallest absolute Gasteiger partial charge is 0.211 e. The predicted octanol–water partition coefficient (Wildman–Crippen LogP) is 2.36. The maximum atomic E-state index is 12.1. The topological polar surface area (TPSA) is 58.2 Å². The van der Waals surface area contributed by atoms with Crippen LogP contribution in [-0.4, -0.2) is 44.3 Å². The zero-order valence-electron chi connectivity index (χ0n) is 13.1. The molecule has 0 aromatic carbocycles. The van der Waals surface area contributed by atoms with Gasteiger partial charge in [-0.2, -0.15) is 11.8 Å². The Bertz CT molecular complexity index is 353. The van der Waals surface area contributed by atoms with Crippen molar-refractivity contribution in [2.75, 3.05) is 25.1 Å². The molecule has 6 heteroatoms. The van der Waals surface area contributed by atoms with Gasteiger partial charge in [-0.1, -0.05) is 20.3 Å². The SMILES string of the molecule is CCC(CC)(CNS(=O)(=O)CCC1CCCCN1)SC. The summed E-state index contributed by atoms with van der Waals surface area (Å²) in [7, 11) is -3.15. The first-order valence-electron chi connectivity index (χ1n) is 7.73. The second-order valence-electron chi connectivity index (χ2n) is 5.67. The average molecular weight is 323 g/mol. The molecule has 0 amide bonds. The lowest BCUT2D eigenvalue weighted by Gasteiger charge is -2.30. The fourth-order valence-electron chi connectivity index (χ4n) is 2.64. The van der Waals surface area contributed by atoms with Crippen LogP contribution in [0.15, 0.2) is 0 Å². The van der Waals surface area contributed by atoms with E-state index in [0.29, 0.717) is 12.6 Å². The molecule has 1 unspecified atom stereocenters. The predicted molar refractivity (Wildman–Crippen MR) is 88.9 cm³/mol. The second-order valence-corrected chi connectivity index (χ2v) is 8.87. The standard InChI is InChI=1S/C14H30N2O2S2/c1-4-14(5-2,19-3)12-16-20(17,18)11-9-13-8-6-7-10-15-13/h13,15-16H,4-12H2,1-3H3. The van der Waals surface area contributed by atoms with Crippen molar-refractivity contribution in [3.8, 4) is 0 Å². The van der Waals surface area contributed by atoms with Gasteiger partial charge in [0, 0.05) is 17.3 Å². The Hall–Kier alpha value is 0.220. The van der Waals surface area contributed by atoms with Gasteiger partial charge in [-0.3, -0.25) is 0 Å². The van der Waals surface area contributed by atoms with Gasteiger partial charge in [0.05, 0.1) is 5.75 Å². The molecule has 0 aromatic heterocycles. The summed E-state index contributed by atoms with van der Waals surface area (Å²) in [6.45, 7) is 5.82. The molecule has 1 fully saturated rings. The van der Waals surface area contributed by atoms with Gasteiger partial charge < -0.3 is 5.32 Å². The summed E-state index contributed by atoms with van der Waals surface area (Å²) in [5.41, 5.74) is 0. The van der Waals surface area contributed by atoms with Crippen molar-refractivity contribution in [3.63, 3.8) is 0 Å². The van der Waals surface area contributed by atoms with Crippen LogP contribution in [0.4, 0.5) is 0 Å². The van der Waals surface area contributed by atoms with Gasteiger partial charge >= 0.3 is 0 Å². The number of sulfonamides is 1. The van der Waals surface area contributed by atoms with E-state index in [1.54, 1.807) is 11.8 Å². The number of piperidine rings is 1. The summed E-state index contributed by atoms with van der Waals surface area (Å²) < 4.78 is 27.1. The van der Waals surface area contributed by atoms with Gasteiger partial charge in [0.2, 0.25) is 10.0 Å². The van der Waals surface area contributed by atoms with Gasteiger partial charge in [-0.25, -0.2) is 13.1 Å². The molecule has 120 valence electrons. The van der Waals surface area contributed by atoms with Crippen LogP contribution < -0.4 is 10.0 Å². The van der Waals surface area contributed by atoms with Crippen molar-refractivity contribution < 1.29 is 8.42 Å². The lowest BCUT2D eigenvalue weighted by atomic mass is 10.0. The highest BCUT2D eigenvalue weighted by atomic mass is 32.2. The molecular formula is C14H30N2O2S2. The molecule has 20 heavy (non-hydrogen) atoms. The number of hydrogen-bond donors (Lipinski definition) is 2. The van der Waals surface area contributed by atoms with Crippen molar-refractivity contribution in [1.29, 1.82) is 0 Å². The third kappa shape index (κ3) is 5.92. The first kappa shape index (κ1) is 18.3. The van der Waals surface area contributed by atoms with Crippen LogP contribution in [0.2, 0.25) is 0 Å².